The van der Waals surface area contributed by atoms with E-state index in [0.29, 0.717) is 5.82 Å². The monoisotopic (exact) mass is 342 g/mol. The largest absolute Gasteiger partial charge is 0.287 e. The van der Waals surface area contributed by atoms with Gasteiger partial charge in [0.1, 0.15) is 12.0 Å². The zero-order valence-corrected chi connectivity index (χ0v) is 13.7. The van der Waals surface area contributed by atoms with Crippen molar-refractivity contribution in [3.8, 4) is 0 Å². The normalized spacial score (nSPS) is 11.2. The molecule has 0 aliphatic carbocycles. The number of hydrogen-bond donors (Lipinski definition) is 1. The molecule has 4 aromatic rings. The number of hydrazone groups is 1. The number of fused-ring (bicyclic) bond motifs is 2. The summed E-state index contributed by atoms with van der Waals surface area (Å²) in [5, 5.41) is 19.4. The Morgan fingerprint density at radius 3 is 2.19 bits per heavy atom. The van der Waals surface area contributed by atoms with Crippen LogP contribution in [-0.2, 0) is 0 Å². The lowest BCUT2D eigenvalue weighted by Crippen LogP contribution is -1.96. The molecule has 1 heterocycles. The molecule has 0 unspecified atom stereocenters. The minimum Gasteiger partial charge on any atom is -0.261 e. The van der Waals surface area contributed by atoms with Crippen LogP contribution in [-0.4, -0.2) is 16.1 Å². The van der Waals surface area contributed by atoms with Gasteiger partial charge in [-0.25, -0.2) is 4.98 Å². The quantitative estimate of drug-likeness (QED) is 0.251. The number of nitrogens with one attached hydrogen (secondary N) is 1. The van der Waals surface area contributed by atoms with Crippen LogP contribution in [0.25, 0.3) is 21.5 Å². The zero-order valence-electron chi connectivity index (χ0n) is 13.7. The Hall–Kier alpha value is -3.80. The van der Waals surface area contributed by atoms with Gasteiger partial charge in [-0.05, 0) is 33.7 Å². The molecule has 0 amide bonds. The van der Waals surface area contributed by atoms with Crippen molar-refractivity contribution in [2.75, 3.05) is 5.43 Å². The van der Waals surface area contributed by atoms with E-state index < -0.39 is 4.92 Å². The third-order valence-corrected chi connectivity index (χ3v) is 4.14. The highest BCUT2D eigenvalue weighted by molar-refractivity contribution is 6.13. The second-order valence-electron chi connectivity index (χ2n) is 5.76. The standard InChI is InChI=1S/C20H14N4O2/c25-24(26)16-9-10-20(21-12-16)23-22-13-19-17-7-3-1-5-14(17)11-15-6-2-4-8-18(15)19/h1-13H,(H,21,23)/b22-13+. The van der Waals surface area contributed by atoms with E-state index in [9.17, 15) is 10.1 Å². The van der Waals surface area contributed by atoms with Crippen LogP contribution in [0.1, 0.15) is 5.56 Å². The highest BCUT2D eigenvalue weighted by atomic mass is 16.6. The van der Waals surface area contributed by atoms with Crippen molar-refractivity contribution in [2.24, 2.45) is 5.10 Å². The van der Waals surface area contributed by atoms with Crippen molar-refractivity contribution in [1.29, 1.82) is 0 Å². The molecule has 4 rings (SSSR count). The fourth-order valence-electron chi connectivity index (χ4n) is 2.91. The van der Waals surface area contributed by atoms with E-state index in [1.165, 1.54) is 18.3 Å². The Bertz CT molecular complexity index is 1080. The van der Waals surface area contributed by atoms with Crippen molar-refractivity contribution in [3.63, 3.8) is 0 Å². The Labute approximate surface area is 149 Å². The third-order valence-electron chi connectivity index (χ3n) is 4.14. The molecule has 6 nitrogen and oxygen atoms in total. The van der Waals surface area contributed by atoms with Crippen LogP contribution >= 0.6 is 0 Å². The average Bonchev–Trinajstić information content (AvgIpc) is 2.68. The zero-order chi connectivity index (χ0) is 17.9. The molecule has 0 aliphatic rings. The minimum absolute atomic E-state index is 0.0559. The predicted octanol–water partition coefficient (Wildman–Crippen LogP) is 4.74. The summed E-state index contributed by atoms with van der Waals surface area (Å²) < 4.78 is 0. The Morgan fingerprint density at radius 2 is 1.62 bits per heavy atom. The number of benzene rings is 3. The van der Waals surface area contributed by atoms with E-state index in [1.54, 1.807) is 6.21 Å². The van der Waals surface area contributed by atoms with E-state index in [0.717, 1.165) is 27.1 Å². The maximum Gasteiger partial charge on any atom is 0.287 e. The molecule has 6 heteroatoms. The molecule has 0 saturated carbocycles. The van der Waals surface area contributed by atoms with Gasteiger partial charge in [-0.2, -0.15) is 5.10 Å². The molecular formula is C20H14N4O2. The van der Waals surface area contributed by atoms with Crippen LogP contribution in [0.15, 0.2) is 78.0 Å². The number of rotatable bonds is 4. The molecule has 0 fully saturated rings. The highest BCUT2D eigenvalue weighted by Gasteiger charge is 2.06. The van der Waals surface area contributed by atoms with Crippen LogP contribution in [0.3, 0.4) is 0 Å². The van der Waals surface area contributed by atoms with Gasteiger partial charge in [0.05, 0.1) is 11.1 Å². The van der Waals surface area contributed by atoms with Gasteiger partial charge in [-0.15, -0.1) is 0 Å². The molecule has 0 radical (unpaired) electrons. The predicted molar refractivity (Wildman–Crippen MR) is 104 cm³/mol. The van der Waals surface area contributed by atoms with E-state index in [2.05, 4.69) is 45.8 Å². The summed E-state index contributed by atoms with van der Waals surface area (Å²) in [7, 11) is 0. The second kappa shape index (κ2) is 6.60. The van der Waals surface area contributed by atoms with E-state index in [4.69, 9.17) is 0 Å². The Balaban J connectivity index is 1.71. The van der Waals surface area contributed by atoms with Crippen LogP contribution in [0.2, 0.25) is 0 Å². The number of anilines is 1. The summed E-state index contributed by atoms with van der Waals surface area (Å²) in [6.45, 7) is 0. The SMILES string of the molecule is O=[N+]([O-])c1ccc(N/N=C/c2c3ccccc3cc3ccccc23)nc1. The summed E-state index contributed by atoms with van der Waals surface area (Å²) in [6.07, 6.45) is 2.96. The summed E-state index contributed by atoms with van der Waals surface area (Å²) in [6, 6.07) is 21.4. The van der Waals surface area contributed by atoms with Crippen molar-refractivity contribution in [2.45, 2.75) is 0 Å². The van der Waals surface area contributed by atoms with Gasteiger partial charge in [0.2, 0.25) is 0 Å². The van der Waals surface area contributed by atoms with E-state index in [-0.39, 0.29) is 5.69 Å². The summed E-state index contributed by atoms with van der Waals surface area (Å²) in [5.74, 6) is 0.441. The highest BCUT2D eigenvalue weighted by Crippen LogP contribution is 2.27. The molecule has 126 valence electrons. The van der Waals surface area contributed by atoms with Gasteiger partial charge in [0.15, 0.2) is 0 Å². The van der Waals surface area contributed by atoms with E-state index in [1.807, 2.05) is 24.3 Å². The Kier molecular flexibility index (Phi) is 3.99. The van der Waals surface area contributed by atoms with Crippen molar-refractivity contribution >= 4 is 39.3 Å². The summed E-state index contributed by atoms with van der Waals surface area (Å²) >= 11 is 0. The molecular weight excluding hydrogens is 328 g/mol. The fourth-order valence-corrected chi connectivity index (χ4v) is 2.91. The molecule has 0 saturated heterocycles. The van der Waals surface area contributed by atoms with Crippen LogP contribution in [0, 0.1) is 10.1 Å². The van der Waals surface area contributed by atoms with Gasteiger partial charge in [-0.1, -0.05) is 48.5 Å². The first-order chi connectivity index (χ1) is 12.7. The van der Waals surface area contributed by atoms with Gasteiger partial charge in [0, 0.05) is 11.6 Å². The van der Waals surface area contributed by atoms with Gasteiger partial charge < -0.3 is 0 Å². The van der Waals surface area contributed by atoms with Gasteiger partial charge in [0.25, 0.3) is 5.69 Å². The van der Waals surface area contributed by atoms with Crippen LogP contribution in [0.4, 0.5) is 11.5 Å². The number of nitro groups is 1. The van der Waals surface area contributed by atoms with Crippen molar-refractivity contribution < 1.29 is 4.92 Å². The molecule has 1 aromatic heterocycles. The van der Waals surface area contributed by atoms with E-state index >= 15 is 0 Å². The Morgan fingerprint density at radius 1 is 0.962 bits per heavy atom. The first-order valence-electron chi connectivity index (χ1n) is 8.02. The maximum absolute atomic E-state index is 10.7. The van der Waals surface area contributed by atoms with Crippen LogP contribution in [0.5, 0.6) is 0 Å². The lowest BCUT2D eigenvalue weighted by atomic mass is 9.97. The number of aromatic nitrogens is 1. The smallest absolute Gasteiger partial charge is 0.261 e. The lowest BCUT2D eigenvalue weighted by Gasteiger charge is -2.08. The van der Waals surface area contributed by atoms with Crippen LogP contribution < -0.4 is 5.43 Å². The molecule has 1 N–H and O–H groups in total. The summed E-state index contributed by atoms with van der Waals surface area (Å²) in [5.41, 5.74) is 3.78. The molecule has 3 aromatic carbocycles. The number of pyridine rings is 1. The molecule has 0 aliphatic heterocycles. The first-order valence-corrected chi connectivity index (χ1v) is 8.02. The fraction of sp³-hybridized carbons (Fsp3) is 0. The molecule has 0 bridgehead atoms. The topological polar surface area (TPSA) is 80.4 Å². The number of nitrogens with zero attached hydrogens (tertiary/aromatic N) is 3. The van der Waals surface area contributed by atoms with Gasteiger partial charge in [-0.3, -0.25) is 15.5 Å². The minimum atomic E-state index is -0.484. The number of hydrogen-bond acceptors (Lipinski definition) is 5. The molecule has 0 atom stereocenters. The first kappa shape index (κ1) is 15.7. The van der Waals surface area contributed by atoms with Gasteiger partial charge >= 0.3 is 0 Å². The lowest BCUT2D eigenvalue weighted by molar-refractivity contribution is -0.385. The van der Waals surface area contributed by atoms with Crippen molar-refractivity contribution in [1.82, 2.24) is 4.98 Å². The van der Waals surface area contributed by atoms with Crippen molar-refractivity contribution in [3.05, 3.63) is 88.6 Å². The summed E-state index contributed by atoms with van der Waals surface area (Å²) in [4.78, 5) is 14.2. The third kappa shape index (κ3) is 2.95. The maximum atomic E-state index is 10.7. The second-order valence-corrected chi connectivity index (χ2v) is 5.76. The molecule has 26 heavy (non-hydrogen) atoms. The molecule has 0 spiro atoms. The average molecular weight is 342 g/mol.